The fraction of sp³-hybridized carbons (Fsp3) is 0.611. The van der Waals surface area contributed by atoms with Crippen LogP contribution in [0.3, 0.4) is 0 Å². The lowest BCUT2D eigenvalue weighted by molar-refractivity contribution is -0.385. The van der Waals surface area contributed by atoms with Gasteiger partial charge >= 0.3 is 0 Å². The minimum Gasteiger partial charge on any atom is -0.356 e. The Balaban J connectivity index is 1.70. The van der Waals surface area contributed by atoms with Crippen molar-refractivity contribution in [2.45, 2.75) is 32.7 Å². The fourth-order valence-electron chi connectivity index (χ4n) is 3.03. The summed E-state index contributed by atoms with van der Waals surface area (Å²) in [4.78, 5) is 17.4. The average Bonchev–Trinajstić information content (AvgIpc) is 2.62. The number of nitrogens with zero attached hydrogens (tertiary/aromatic N) is 3. The molecule has 1 aromatic rings. The second-order valence-corrected chi connectivity index (χ2v) is 6.62. The van der Waals surface area contributed by atoms with Crippen LogP contribution in [0, 0.1) is 16.0 Å². The number of guanidine groups is 1. The molecule has 0 aliphatic carbocycles. The number of para-hydroxylation sites is 1. The molecule has 0 amide bonds. The lowest BCUT2D eigenvalue weighted by Crippen LogP contribution is -2.39. The Bertz CT molecular complexity index is 583. The molecule has 1 saturated heterocycles. The third-order valence-corrected chi connectivity index (χ3v) is 4.68. The molecule has 0 unspecified atom stereocenters. The first kappa shape index (κ1) is 19.2. The molecular formula is C18H29N5O2. The number of likely N-dealkylation sites (tertiary alicyclic amines) is 1. The summed E-state index contributed by atoms with van der Waals surface area (Å²) in [6.45, 7) is 7.04. The molecular weight excluding hydrogens is 318 g/mol. The number of nitro benzene ring substituents is 1. The Morgan fingerprint density at radius 1 is 1.32 bits per heavy atom. The smallest absolute Gasteiger partial charge is 0.274 e. The Hall–Kier alpha value is -2.15. The van der Waals surface area contributed by atoms with Crippen LogP contribution in [0.25, 0.3) is 0 Å². The van der Waals surface area contributed by atoms with E-state index in [1.165, 1.54) is 32.0 Å². The van der Waals surface area contributed by atoms with Gasteiger partial charge in [-0.3, -0.25) is 15.1 Å². The van der Waals surface area contributed by atoms with Crippen molar-refractivity contribution in [3.63, 3.8) is 0 Å². The molecule has 0 aromatic heterocycles. The Morgan fingerprint density at radius 2 is 2.04 bits per heavy atom. The van der Waals surface area contributed by atoms with E-state index in [1.807, 2.05) is 0 Å². The van der Waals surface area contributed by atoms with E-state index in [9.17, 15) is 10.1 Å². The molecule has 1 aliphatic heterocycles. The van der Waals surface area contributed by atoms with Gasteiger partial charge in [0.05, 0.1) is 4.92 Å². The van der Waals surface area contributed by atoms with Gasteiger partial charge in [0.2, 0.25) is 0 Å². The van der Waals surface area contributed by atoms with Crippen LogP contribution < -0.4 is 10.6 Å². The van der Waals surface area contributed by atoms with E-state index >= 15 is 0 Å². The first-order valence-electron chi connectivity index (χ1n) is 8.99. The van der Waals surface area contributed by atoms with E-state index in [0.29, 0.717) is 18.1 Å². The van der Waals surface area contributed by atoms with E-state index in [2.05, 4.69) is 27.4 Å². The molecule has 0 atom stereocenters. The lowest BCUT2D eigenvalue weighted by Gasteiger charge is -2.30. The second-order valence-electron chi connectivity index (χ2n) is 6.62. The predicted octanol–water partition coefficient (Wildman–Crippen LogP) is 2.38. The van der Waals surface area contributed by atoms with Crippen molar-refractivity contribution in [2.75, 3.05) is 33.2 Å². The average molecular weight is 347 g/mol. The van der Waals surface area contributed by atoms with Crippen LogP contribution in [-0.2, 0) is 6.54 Å². The molecule has 138 valence electrons. The molecule has 0 bridgehead atoms. The summed E-state index contributed by atoms with van der Waals surface area (Å²) in [7, 11) is 1.71. The van der Waals surface area contributed by atoms with E-state index < -0.39 is 0 Å². The third-order valence-electron chi connectivity index (χ3n) is 4.68. The van der Waals surface area contributed by atoms with Gasteiger partial charge in [-0.1, -0.05) is 25.1 Å². The minimum absolute atomic E-state index is 0.129. The summed E-state index contributed by atoms with van der Waals surface area (Å²) in [6.07, 6.45) is 3.65. The first-order chi connectivity index (χ1) is 12.1. The van der Waals surface area contributed by atoms with Crippen molar-refractivity contribution >= 4 is 11.6 Å². The molecule has 2 N–H and O–H groups in total. The predicted molar refractivity (Wildman–Crippen MR) is 101 cm³/mol. The highest BCUT2D eigenvalue weighted by Gasteiger charge is 2.15. The van der Waals surface area contributed by atoms with Gasteiger partial charge in [0.25, 0.3) is 5.69 Å². The Kier molecular flexibility index (Phi) is 7.66. The standard InChI is InChI=1S/C18H29N5O2/c1-15-8-12-22(13-9-15)11-5-10-20-18(19-2)21-14-16-6-3-4-7-17(16)23(24)25/h3-4,6-7,15H,5,8-14H2,1-2H3,(H2,19,20,21). The summed E-state index contributed by atoms with van der Waals surface area (Å²) in [5.41, 5.74) is 0.780. The zero-order chi connectivity index (χ0) is 18.1. The van der Waals surface area contributed by atoms with Gasteiger partial charge in [-0.2, -0.15) is 0 Å². The fourth-order valence-corrected chi connectivity index (χ4v) is 3.03. The van der Waals surface area contributed by atoms with Crippen molar-refractivity contribution in [1.82, 2.24) is 15.5 Å². The van der Waals surface area contributed by atoms with Crippen LogP contribution in [0.5, 0.6) is 0 Å². The summed E-state index contributed by atoms with van der Waals surface area (Å²) in [5.74, 6) is 1.53. The Morgan fingerprint density at radius 3 is 2.72 bits per heavy atom. The van der Waals surface area contributed by atoms with Crippen LogP contribution in [0.15, 0.2) is 29.3 Å². The van der Waals surface area contributed by atoms with Crippen molar-refractivity contribution in [2.24, 2.45) is 10.9 Å². The van der Waals surface area contributed by atoms with Gasteiger partial charge in [0.1, 0.15) is 0 Å². The highest BCUT2D eigenvalue weighted by molar-refractivity contribution is 5.79. The molecule has 2 rings (SSSR count). The number of benzene rings is 1. The van der Waals surface area contributed by atoms with Crippen LogP contribution in [0.1, 0.15) is 31.7 Å². The molecule has 1 fully saturated rings. The number of piperidine rings is 1. The van der Waals surface area contributed by atoms with Crippen molar-refractivity contribution in [3.05, 3.63) is 39.9 Å². The van der Waals surface area contributed by atoms with Gasteiger partial charge in [-0.15, -0.1) is 0 Å². The highest BCUT2D eigenvalue weighted by atomic mass is 16.6. The highest BCUT2D eigenvalue weighted by Crippen LogP contribution is 2.17. The Labute approximate surface area is 149 Å². The van der Waals surface area contributed by atoms with E-state index in [-0.39, 0.29) is 10.6 Å². The molecule has 0 spiro atoms. The van der Waals surface area contributed by atoms with Crippen LogP contribution in [0.4, 0.5) is 5.69 Å². The van der Waals surface area contributed by atoms with Crippen LogP contribution >= 0.6 is 0 Å². The molecule has 0 saturated carbocycles. The van der Waals surface area contributed by atoms with Gasteiger partial charge in [0, 0.05) is 31.8 Å². The SMILES string of the molecule is CN=C(NCCCN1CCC(C)CC1)NCc1ccccc1[N+](=O)[O-]. The number of hydrogen-bond acceptors (Lipinski definition) is 4. The summed E-state index contributed by atoms with van der Waals surface area (Å²) in [6, 6.07) is 6.76. The molecule has 1 aliphatic rings. The van der Waals surface area contributed by atoms with Crippen molar-refractivity contribution in [1.29, 1.82) is 0 Å². The van der Waals surface area contributed by atoms with Crippen molar-refractivity contribution in [3.8, 4) is 0 Å². The molecule has 0 radical (unpaired) electrons. The van der Waals surface area contributed by atoms with Crippen LogP contribution in [-0.4, -0.2) is 49.0 Å². The zero-order valence-electron chi connectivity index (χ0n) is 15.2. The van der Waals surface area contributed by atoms with Gasteiger partial charge in [0.15, 0.2) is 5.96 Å². The molecule has 1 aromatic carbocycles. The third kappa shape index (κ3) is 6.34. The summed E-state index contributed by atoms with van der Waals surface area (Å²) in [5, 5.41) is 17.5. The topological polar surface area (TPSA) is 82.8 Å². The van der Waals surface area contributed by atoms with E-state index in [0.717, 1.165) is 25.4 Å². The largest absolute Gasteiger partial charge is 0.356 e. The summed E-state index contributed by atoms with van der Waals surface area (Å²) >= 11 is 0. The maximum absolute atomic E-state index is 11.0. The zero-order valence-corrected chi connectivity index (χ0v) is 15.2. The maximum Gasteiger partial charge on any atom is 0.274 e. The second kappa shape index (κ2) is 9.98. The minimum atomic E-state index is -0.354. The monoisotopic (exact) mass is 347 g/mol. The van der Waals surface area contributed by atoms with Crippen LogP contribution in [0.2, 0.25) is 0 Å². The number of nitrogens with one attached hydrogen (secondary N) is 2. The molecule has 25 heavy (non-hydrogen) atoms. The molecule has 7 nitrogen and oxygen atoms in total. The van der Waals surface area contributed by atoms with Gasteiger partial charge < -0.3 is 15.5 Å². The number of rotatable bonds is 7. The van der Waals surface area contributed by atoms with Crippen molar-refractivity contribution < 1.29 is 4.92 Å². The molecule has 7 heteroatoms. The van der Waals surface area contributed by atoms with E-state index in [4.69, 9.17) is 0 Å². The number of nitro groups is 1. The van der Waals surface area contributed by atoms with Gasteiger partial charge in [-0.25, -0.2) is 0 Å². The first-order valence-corrected chi connectivity index (χ1v) is 8.99. The maximum atomic E-state index is 11.0. The van der Waals surface area contributed by atoms with Gasteiger partial charge in [-0.05, 0) is 44.8 Å². The number of aliphatic imine (C=N–C) groups is 1. The summed E-state index contributed by atoms with van der Waals surface area (Å²) < 4.78 is 0. The normalized spacial score (nSPS) is 16.6. The quantitative estimate of drug-likeness (QED) is 0.260. The lowest BCUT2D eigenvalue weighted by atomic mass is 9.99. The number of hydrogen-bond donors (Lipinski definition) is 2. The molecule has 1 heterocycles. The van der Waals surface area contributed by atoms with E-state index in [1.54, 1.807) is 25.2 Å².